The largest absolute Gasteiger partial charge is 0.475 e. The van der Waals surface area contributed by atoms with Crippen LogP contribution in [0.2, 0.25) is 0 Å². The minimum absolute atomic E-state index is 0.0700. The van der Waals surface area contributed by atoms with Crippen LogP contribution in [0.25, 0.3) is 0 Å². The Kier molecular flexibility index (Phi) is 8.27. The second kappa shape index (κ2) is 10.7. The minimum atomic E-state index is -3.84. The summed E-state index contributed by atoms with van der Waals surface area (Å²) < 4.78 is 36.2. The number of nitrogens with one attached hydrogen (secondary N) is 2. The average molecular weight is 436 g/mol. The summed E-state index contributed by atoms with van der Waals surface area (Å²) in [5.41, 5.74) is 5.43. The maximum Gasteiger partial charge on any atom is 0.275 e. The average Bonchev–Trinajstić information content (AvgIpc) is 2.73. The standard InChI is InChI=1S/C19H24N4O6S/c1-14-6-8-15(9-7-14)30(26,27)23(2)13-17(24)21-22-18(25)16-5-4-10-20-19(16)29-12-11-28-3/h4-10H,11-13H2,1-3H3,(H,21,24)(H,22,25). The predicted molar refractivity (Wildman–Crippen MR) is 108 cm³/mol. The van der Waals surface area contributed by atoms with E-state index >= 15 is 0 Å². The summed E-state index contributed by atoms with van der Waals surface area (Å²) in [5.74, 6) is -1.29. The van der Waals surface area contributed by atoms with Crippen LogP contribution in [0.15, 0.2) is 47.5 Å². The van der Waals surface area contributed by atoms with Crippen LogP contribution in [0.3, 0.4) is 0 Å². The molecule has 0 bridgehead atoms. The Morgan fingerprint density at radius 2 is 1.80 bits per heavy atom. The Hall–Kier alpha value is -3.02. The van der Waals surface area contributed by atoms with Crippen molar-refractivity contribution in [3.63, 3.8) is 0 Å². The molecule has 0 unspecified atom stereocenters. The fourth-order valence-corrected chi connectivity index (χ4v) is 3.44. The fourth-order valence-electron chi connectivity index (χ4n) is 2.31. The predicted octanol–water partition coefficient (Wildman–Crippen LogP) is 0.497. The monoisotopic (exact) mass is 436 g/mol. The van der Waals surface area contributed by atoms with Gasteiger partial charge in [0.15, 0.2) is 0 Å². The van der Waals surface area contributed by atoms with Crippen LogP contribution in [0.5, 0.6) is 5.88 Å². The smallest absolute Gasteiger partial charge is 0.275 e. The van der Waals surface area contributed by atoms with Gasteiger partial charge in [-0.2, -0.15) is 4.31 Å². The maximum atomic E-state index is 12.5. The lowest BCUT2D eigenvalue weighted by molar-refractivity contribution is -0.121. The van der Waals surface area contributed by atoms with Crippen molar-refractivity contribution < 1.29 is 27.5 Å². The van der Waals surface area contributed by atoms with Crippen molar-refractivity contribution in [1.82, 2.24) is 20.1 Å². The number of pyridine rings is 1. The topological polar surface area (TPSA) is 127 Å². The summed E-state index contributed by atoms with van der Waals surface area (Å²) in [7, 11) is -1.05. The van der Waals surface area contributed by atoms with E-state index in [1.165, 1.54) is 38.6 Å². The first-order chi connectivity index (χ1) is 14.3. The molecule has 10 nitrogen and oxygen atoms in total. The van der Waals surface area contributed by atoms with Gasteiger partial charge in [0.05, 0.1) is 18.0 Å². The number of ether oxygens (including phenoxy) is 2. The molecule has 2 N–H and O–H groups in total. The number of carbonyl (C=O) groups excluding carboxylic acids is 2. The Labute approximate surface area is 175 Å². The number of hydrogen-bond donors (Lipinski definition) is 2. The van der Waals surface area contributed by atoms with Gasteiger partial charge < -0.3 is 9.47 Å². The number of aromatic nitrogens is 1. The molecule has 0 radical (unpaired) electrons. The van der Waals surface area contributed by atoms with E-state index in [1.807, 2.05) is 6.92 Å². The van der Waals surface area contributed by atoms with Crippen molar-refractivity contribution >= 4 is 21.8 Å². The van der Waals surface area contributed by atoms with Gasteiger partial charge in [0.2, 0.25) is 15.9 Å². The van der Waals surface area contributed by atoms with Gasteiger partial charge in [0, 0.05) is 20.4 Å². The molecule has 0 aliphatic carbocycles. The Bertz CT molecular complexity index is 979. The van der Waals surface area contributed by atoms with Gasteiger partial charge in [-0.3, -0.25) is 20.4 Å². The zero-order valence-electron chi connectivity index (χ0n) is 16.9. The molecule has 0 spiro atoms. The SMILES string of the molecule is COCCOc1ncccc1C(=O)NNC(=O)CN(C)S(=O)(=O)c1ccc(C)cc1. The number of nitrogens with zero attached hydrogens (tertiary/aromatic N) is 2. The molecule has 2 rings (SSSR count). The van der Waals surface area contributed by atoms with Crippen molar-refractivity contribution in [2.75, 3.05) is 33.9 Å². The lowest BCUT2D eigenvalue weighted by Crippen LogP contribution is -2.46. The zero-order valence-corrected chi connectivity index (χ0v) is 17.7. The van der Waals surface area contributed by atoms with Crippen molar-refractivity contribution in [3.05, 3.63) is 53.7 Å². The van der Waals surface area contributed by atoms with Crippen LogP contribution >= 0.6 is 0 Å². The number of hydrogen-bond acceptors (Lipinski definition) is 7. The normalized spacial score (nSPS) is 11.2. The van der Waals surface area contributed by atoms with Gasteiger partial charge in [0.1, 0.15) is 12.2 Å². The quantitative estimate of drug-likeness (QED) is 0.433. The van der Waals surface area contributed by atoms with E-state index in [-0.39, 0.29) is 22.9 Å². The molecular weight excluding hydrogens is 412 g/mol. The van der Waals surface area contributed by atoms with Crippen molar-refractivity contribution in [2.45, 2.75) is 11.8 Å². The van der Waals surface area contributed by atoms with Crippen molar-refractivity contribution in [2.24, 2.45) is 0 Å². The molecule has 0 saturated carbocycles. The molecule has 30 heavy (non-hydrogen) atoms. The van der Waals surface area contributed by atoms with E-state index in [0.717, 1.165) is 9.87 Å². The van der Waals surface area contributed by atoms with Gasteiger partial charge in [0.25, 0.3) is 11.8 Å². The minimum Gasteiger partial charge on any atom is -0.475 e. The molecule has 1 aromatic heterocycles. The lowest BCUT2D eigenvalue weighted by Gasteiger charge is -2.17. The first-order valence-corrected chi connectivity index (χ1v) is 10.4. The molecule has 0 aliphatic heterocycles. The summed E-state index contributed by atoms with van der Waals surface area (Å²) in [6.45, 7) is 1.87. The first kappa shape index (κ1) is 23.3. The van der Waals surface area contributed by atoms with E-state index in [9.17, 15) is 18.0 Å². The van der Waals surface area contributed by atoms with Crippen LogP contribution in [-0.4, -0.2) is 63.4 Å². The van der Waals surface area contributed by atoms with Crippen LogP contribution in [0.1, 0.15) is 15.9 Å². The Morgan fingerprint density at radius 3 is 2.47 bits per heavy atom. The summed E-state index contributed by atoms with van der Waals surface area (Å²) >= 11 is 0. The number of hydrazine groups is 1. The molecule has 2 amide bonds. The number of amides is 2. The first-order valence-electron chi connectivity index (χ1n) is 8.94. The second-order valence-electron chi connectivity index (χ2n) is 6.27. The molecule has 1 heterocycles. The summed E-state index contributed by atoms with van der Waals surface area (Å²) in [6, 6.07) is 9.29. The molecule has 0 atom stereocenters. The molecular formula is C19H24N4O6S. The molecule has 0 fully saturated rings. The van der Waals surface area contributed by atoms with E-state index in [1.54, 1.807) is 18.2 Å². The molecule has 1 aromatic carbocycles. The van der Waals surface area contributed by atoms with Gasteiger partial charge in [-0.05, 0) is 31.2 Å². The highest BCUT2D eigenvalue weighted by Crippen LogP contribution is 2.15. The van der Waals surface area contributed by atoms with Crippen molar-refractivity contribution in [1.29, 1.82) is 0 Å². The summed E-state index contributed by atoms with van der Waals surface area (Å²) in [6.07, 6.45) is 1.46. The van der Waals surface area contributed by atoms with Crippen LogP contribution in [0, 0.1) is 6.92 Å². The maximum absolute atomic E-state index is 12.5. The summed E-state index contributed by atoms with van der Waals surface area (Å²) in [5, 5.41) is 0. The number of likely N-dealkylation sites (N-methyl/N-ethyl adjacent to an activating group) is 1. The van der Waals surface area contributed by atoms with E-state index in [2.05, 4.69) is 15.8 Å². The van der Waals surface area contributed by atoms with Crippen molar-refractivity contribution in [3.8, 4) is 5.88 Å². The lowest BCUT2D eigenvalue weighted by atomic mass is 10.2. The summed E-state index contributed by atoms with van der Waals surface area (Å²) in [4.78, 5) is 28.5. The highest BCUT2D eigenvalue weighted by atomic mass is 32.2. The van der Waals surface area contributed by atoms with Gasteiger partial charge in [-0.25, -0.2) is 13.4 Å². The van der Waals surface area contributed by atoms with Crippen LogP contribution in [-0.2, 0) is 19.6 Å². The number of benzene rings is 1. The number of aryl methyl sites for hydroxylation is 1. The van der Waals surface area contributed by atoms with Gasteiger partial charge in [-0.15, -0.1) is 0 Å². The third-order valence-electron chi connectivity index (χ3n) is 3.95. The highest BCUT2D eigenvalue weighted by Gasteiger charge is 2.23. The molecule has 0 aliphatic rings. The van der Waals surface area contributed by atoms with E-state index in [0.29, 0.717) is 6.61 Å². The van der Waals surface area contributed by atoms with Gasteiger partial charge in [-0.1, -0.05) is 17.7 Å². The third kappa shape index (κ3) is 6.24. The highest BCUT2D eigenvalue weighted by molar-refractivity contribution is 7.89. The third-order valence-corrected chi connectivity index (χ3v) is 5.77. The number of methoxy groups -OCH3 is 1. The molecule has 0 saturated heterocycles. The zero-order chi connectivity index (χ0) is 22.1. The van der Waals surface area contributed by atoms with Crippen LogP contribution < -0.4 is 15.6 Å². The number of carbonyl (C=O) groups is 2. The van der Waals surface area contributed by atoms with Crippen LogP contribution in [0.4, 0.5) is 0 Å². The van der Waals surface area contributed by atoms with Gasteiger partial charge >= 0.3 is 0 Å². The number of rotatable bonds is 9. The Morgan fingerprint density at radius 1 is 1.10 bits per heavy atom. The molecule has 162 valence electrons. The Balaban J connectivity index is 1.94. The molecule has 2 aromatic rings. The number of sulfonamides is 1. The second-order valence-corrected chi connectivity index (χ2v) is 8.32. The van der Waals surface area contributed by atoms with E-state index in [4.69, 9.17) is 9.47 Å². The molecule has 11 heteroatoms. The fraction of sp³-hybridized carbons (Fsp3) is 0.316. The van der Waals surface area contributed by atoms with E-state index < -0.39 is 28.4 Å².